The molecule has 3 atom stereocenters. The van der Waals surface area contributed by atoms with Crippen molar-refractivity contribution >= 4 is 29.4 Å². The number of carbonyl (C=O) groups excluding carboxylic acids is 3. The average molecular weight is 470 g/mol. The quantitative estimate of drug-likeness (QED) is 0.460. The third-order valence-corrected chi connectivity index (χ3v) is 5.63. The topological polar surface area (TPSA) is 111 Å². The summed E-state index contributed by atoms with van der Waals surface area (Å²) in [7, 11) is 0. The number of nitrogens with two attached hydrogens (primary N) is 1. The molecule has 174 valence electrons. The van der Waals surface area contributed by atoms with Crippen LogP contribution in [0.4, 0.5) is 0 Å². The van der Waals surface area contributed by atoms with Crippen molar-refractivity contribution in [3.63, 3.8) is 0 Å². The highest BCUT2D eigenvalue weighted by Crippen LogP contribution is 2.19. The van der Waals surface area contributed by atoms with Crippen molar-refractivity contribution in [1.29, 1.82) is 0 Å². The summed E-state index contributed by atoms with van der Waals surface area (Å²) < 4.78 is 5.58. The predicted molar refractivity (Wildman–Crippen MR) is 126 cm³/mol. The van der Waals surface area contributed by atoms with Crippen LogP contribution in [0.15, 0.2) is 66.7 Å². The fourth-order valence-corrected chi connectivity index (χ4v) is 3.57. The van der Waals surface area contributed by atoms with Gasteiger partial charge in [0.05, 0.1) is 12.5 Å². The molecular formula is C25H28ClN3O4. The molecule has 0 aliphatic carbocycles. The van der Waals surface area contributed by atoms with E-state index in [0.717, 1.165) is 11.1 Å². The maximum atomic E-state index is 12.9. The lowest BCUT2D eigenvalue weighted by Gasteiger charge is -2.23. The number of hydrogen-bond acceptors (Lipinski definition) is 5. The van der Waals surface area contributed by atoms with Crippen molar-refractivity contribution in [3.05, 3.63) is 82.9 Å². The van der Waals surface area contributed by atoms with Gasteiger partial charge < -0.3 is 21.1 Å². The van der Waals surface area contributed by atoms with Gasteiger partial charge in [-0.3, -0.25) is 14.4 Å². The maximum absolute atomic E-state index is 12.9. The number of benzene rings is 2. The molecule has 0 radical (unpaired) electrons. The first-order valence-electron chi connectivity index (χ1n) is 10.9. The fourth-order valence-electron chi connectivity index (χ4n) is 3.44. The highest BCUT2D eigenvalue weighted by Gasteiger charge is 2.26. The molecule has 7 nitrogen and oxygen atoms in total. The second kappa shape index (κ2) is 12.2. The summed E-state index contributed by atoms with van der Waals surface area (Å²) >= 11 is 5.89. The number of halogens is 1. The molecule has 0 saturated heterocycles. The van der Waals surface area contributed by atoms with Gasteiger partial charge in [0, 0.05) is 18.0 Å². The van der Waals surface area contributed by atoms with Gasteiger partial charge in [0.15, 0.2) is 0 Å². The van der Waals surface area contributed by atoms with E-state index >= 15 is 0 Å². The summed E-state index contributed by atoms with van der Waals surface area (Å²) in [6, 6.07) is 15.5. The van der Waals surface area contributed by atoms with Crippen LogP contribution in [0.5, 0.6) is 0 Å². The second-order valence-electron chi connectivity index (χ2n) is 7.93. The van der Waals surface area contributed by atoms with Crippen LogP contribution in [0.3, 0.4) is 0 Å². The van der Waals surface area contributed by atoms with Gasteiger partial charge in [-0.05, 0) is 36.1 Å². The van der Waals surface area contributed by atoms with Gasteiger partial charge in [0.1, 0.15) is 12.1 Å². The van der Waals surface area contributed by atoms with Gasteiger partial charge >= 0.3 is 5.97 Å². The SMILES string of the molecule is N[C@@H]1CC=CC[C@@H](CC(=O)NCc2ccc(Cl)cc2)C(=O)NC[C@@H](c2ccccc2)OC1=O. The highest BCUT2D eigenvalue weighted by atomic mass is 35.5. The molecule has 2 aromatic carbocycles. The number of rotatable bonds is 5. The molecule has 0 fully saturated rings. The van der Waals surface area contributed by atoms with Crippen LogP contribution in [0.1, 0.15) is 36.5 Å². The minimum Gasteiger partial charge on any atom is -0.454 e. The molecule has 8 heteroatoms. The van der Waals surface area contributed by atoms with E-state index in [9.17, 15) is 14.4 Å². The third kappa shape index (κ3) is 7.73. The molecule has 3 rings (SSSR count). The molecule has 2 aromatic rings. The Morgan fingerprint density at radius 2 is 1.76 bits per heavy atom. The van der Waals surface area contributed by atoms with Crippen molar-refractivity contribution in [1.82, 2.24) is 10.6 Å². The van der Waals surface area contributed by atoms with E-state index in [1.807, 2.05) is 42.5 Å². The first-order valence-corrected chi connectivity index (χ1v) is 11.2. The molecule has 1 heterocycles. The maximum Gasteiger partial charge on any atom is 0.323 e. The normalized spacial score (nSPS) is 21.8. The van der Waals surface area contributed by atoms with Crippen LogP contribution < -0.4 is 16.4 Å². The third-order valence-electron chi connectivity index (χ3n) is 5.38. The van der Waals surface area contributed by atoms with Crippen LogP contribution in [0.2, 0.25) is 5.02 Å². The fraction of sp³-hybridized carbons (Fsp3) is 0.320. The van der Waals surface area contributed by atoms with Crippen molar-refractivity contribution < 1.29 is 19.1 Å². The van der Waals surface area contributed by atoms with Crippen molar-refractivity contribution in [2.24, 2.45) is 11.7 Å². The monoisotopic (exact) mass is 469 g/mol. The largest absolute Gasteiger partial charge is 0.454 e. The van der Waals surface area contributed by atoms with Crippen LogP contribution in [0.25, 0.3) is 0 Å². The van der Waals surface area contributed by atoms with Crippen LogP contribution in [-0.2, 0) is 25.7 Å². The zero-order chi connectivity index (χ0) is 23.6. The van der Waals surface area contributed by atoms with Gasteiger partial charge in [0.25, 0.3) is 0 Å². The Labute approximate surface area is 198 Å². The zero-order valence-electron chi connectivity index (χ0n) is 18.2. The lowest BCUT2D eigenvalue weighted by molar-refractivity contribution is -0.151. The Bertz CT molecular complexity index is 979. The van der Waals surface area contributed by atoms with E-state index in [1.165, 1.54) is 0 Å². The van der Waals surface area contributed by atoms with E-state index in [4.69, 9.17) is 22.1 Å². The zero-order valence-corrected chi connectivity index (χ0v) is 19.0. The number of hydrogen-bond donors (Lipinski definition) is 3. The summed E-state index contributed by atoms with van der Waals surface area (Å²) in [4.78, 5) is 37.8. The molecule has 33 heavy (non-hydrogen) atoms. The molecule has 0 unspecified atom stereocenters. The standard InChI is InChI=1S/C25H28ClN3O4/c26-20-12-10-17(11-13-20)15-28-23(30)14-19-8-4-5-9-21(27)25(32)33-22(16-29-24(19)31)18-6-2-1-3-7-18/h1-7,10-13,19,21-22H,8-9,14-16,27H2,(H,28,30)(H,29,31)/t19-,21+,22-/m0/s1. The summed E-state index contributed by atoms with van der Waals surface area (Å²) in [5, 5.41) is 6.30. The molecule has 1 aliphatic heterocycles. The van der Waals surface area contributed by atoms with Crippen LogP contribution in [-0.4, -0.2) is 30.4 Å². The lowest BCUT2D eigenvalue weighted by atomic mass is 9.98. The Hall–Kier alpha value is -3.16. The Balaban J connectivity index is 1.66. The second-order valence-corrected chi connectivity index (χ2v) is 8.37. The number of carbonyl (C=O) groups is 3. The summed E-state index contributed by atoms with van der Waals surface area (Å²) in [5.41, 5.74) is 7.63. The van der Waals surface area contributed by atoms with Crippen molar-refractivity contribution in [3.8, 4) is 0 Å². The Morgan fingerprint density at radius 3 is 2.48 bits per heavy atom. The van der Waals surface area contributed by atoms with Crippen LogP contribution >= 0.6 is 11.6 Å². The summed E-state index contributed by atoms with van der Waals surface area (Å²) in [5.74, 6) is -1.59. The van der Waals surface area contributed by atoms with Gasteiger partial charge in [-0.1, -0.05) is 66.2 Å². The van der Waals surface area contributed by atoms with E-state index < -0.39 is 24.0 Å². The van der Waals surface area contributed by atoms with Gasteiger partial charge in [-0.15, -0.1) is 0 Å². The average Bonchev–Trinajstić information content (AvgIpc) is 2.82. The summed E-state index contributed by atoms with van der Waals surface area (Å²) in [6.45, 7) is 0.439. The Kier molecular flexibility index (Phi) is 9.04. The van der Waals surface area contributed by atoms with E-state index in [2.05, 4.69) is 10.6 Å². The number of esters is 1. The molecular weight excluding hydrogens is 442 g/mol. The molecule has 2 amide bonds. The molecule has 0 spiro atoms. The first-order chi connectivity index (χ1) is 15.9. The first kappa shape index (κ1) is 24.5. The summed E-state index contributed by atoms with van der Waals surface area (Å²) in [6.07, 6.45) is 3.54. The van der Waals surface area contributed by atoms with Crippen LogP contribution in [0, 0.1) is 5.92 Å². The molecule has 4 N–H and O–H groups in total. The Morgan fingerprint density at radius 1 is 1.06 bits per heavy atom. The smallest absolute Gasteiger partial charge is 0.323 e. The van der Waals surface area contributed by atoms with E-state index in [-0.39, 0.29) is 31.2 Å². The number of ether oxygens (including phenoxy) is 1. The number of allylic oxidation sites excluding steroid dienone is 1. The number of cyclic esters (lactones) is 1. The predicted octanol–water partition coefficient (Wildman–Crippen LogP) is 3.04. The lowest BCUT2D eigenvalue weighted by Crippen LogP contribution is -2.39. The van der Waals surface area contributed by atoms with Gasteiger partial charge in [-0.2, -0.15) is 0 Å². The molecule has 0 saturated carbocycles. The van der Waals surface area contributed by atoms with Gasteiger partial charge in [-0.25, -0.2) is 0 Å². The highest BCUT2D eigenvalue weighted by molar-refractivity contribution is 6.30. The molecule has 1 aliphatic rings. The van der Waals surface area contributed by atoms with Crippen molar-refractivity contribution in [2.75, 3.05) is 6.54 Å². The van der Waals surface area contributed by atoms with E-state index in [0.29, 0.717) is 18.0 Å². The van der Waals surface area contributed by atoms with Gasteiger partial charge in [0.2, 0.25) is 11.8 Å². The van der Waals surface area contributed by atoms with Crippen molar-refractivity contribution in [2.45, 2.75) is 38.0 Å². The number of amides is 2. The molecule has 0 bridgehead atoms. The van der Waals surface area contributed by atoms with E-state index in [1.54, 1.807) is 24.3 Å². The number of nitrogens with one attached hydrogen (secondary N) is 2. The minimum atomic E-state index is -0.802. The minimum absolute atomic E-state index is 0.0333. The molecule has 0 aromatic heterocycles.